The summed E-state index contributed by atoms with van der Waals surface area (Å²) in [5.41, 5.74) is 1.30. The zero-order valence-corrected chi connectivity index (χ0v) is 17.2. The molecule has 2 aliphatic rings. The molecule has 29 heavy (non-hydrogen) atoms. The van der Waals surface area contributed by atoms with Crippen LogP contribution < -0.4 is 10.1 Å². The third kappa shape index (κ3) is 4.31. The molecule has 0 fully saturated rings. The maximum absolute atomic E-state index is 12.9. The number of aliphatic hydroxyl groups excluding tert-OH is 2. The molecule has 7 nitrogen and oxygen atoms in total. The van der Waals surface area contributed by atoms with Crippen molar-refractivity contribution >= 4 is 11.8 Å². The lowest BCUT2D eigenvalue weighted by molar-refractivity contribution is -0.135. The molecule has 4 atom stereocenters. The Kier molecular flexibility index (Phi) is 6.59. The minimum absolute atomic E-state index is 0.132. The summed E-state index contributed by atoms with van der Waals surface area (Å²) in [6.45, 7) is 6.08. The minimum atomic E-state index is -0.960. The quantitative estimate of drug-likeness (QED) is 0.637. The van der Waals surface area contributed by atoms with Crippen molar-refractivity contribution in [3.63, 3.8) is 0 Å². The van der Waals surface area contributed by atoms with E-state index in [1.807, 2.05) is 24.3 Å². The molecule has 1 heterocycles. The monoisotopic (exact) mass is 402 g/mol. The van der Waals surface area contributed by atoms with Crippen LogP contribution in [0.15, 0.2) is 35.9 Å². The van der Waals surface area contributed by atoms with Crippen molar-refractivity contribution in [3.05, 3.63) is 41.5 Å². The summed E-state index contributed by atoms with van der Waals surface area (Å²) in [7, 11) is 0. The van der Waals surface area contributed by atoms with E-state index < -0.39 is 24.2 Å². The van der Waals surface area contributed by atoms with Crippen molar-refractivity contribution in [2.75, 3.05) is 19.7 Å². The number of benzene rings is 1. The first-order chi connectivity index (χ1) is 13.8. The van der Waals surface area contributed by atoms with Crippen molar-refractivity contribution < 1.29 is 24.5 Å². The molecule has 0 radical (unpaired) electrons. The Bertz CT molecular complexity index is 791. The van der Waals surface area contributed by atoms with Crippen LogP contribution in [0.2, 0.25) is 0 Å². The molecule has 0 unspecified atom stereocenters. The molecule has 7 heteroatoms. The third-order valence-electron chi connectivity index (χ3n) is 5.59. The number of nitrogens with zero attached hydrogens (tertiary/aromatic N) is 1. The van der Waals surface area contributed by atoms with Gasteiger partial charge in [-0.05, 0) is 24.5 Å². The van der Waals surface area contributed by atoms with Crippen LogP contribution in [0.4, 0.5) is 0 Å². The molecular weight excluding hydrogens is 372 g/mol. The predicted molar refractivity (Wildman–Crippen MR) is 108 cm³/mol. The molecule has 0 bridgehead atoms. The molecule has 1 aliphatic heterocycles. The third-order valence-corrected chi connectivity index (χ3v) is 5.59. The van der Waals surface area contributed by atoms with Crippen LogP contribution in [0.3, 0.4) is 0 Å². The Morgan fingerprint density at radius 3 is 2.66 bits per heavy atom. The molecule has 1 aromatic carbocycles. The zero-order valence-electron chi connectivity index (χ0n) is 17.2. The summed E-state index contributed by atoms with van der Waals surface area (Å²) in [5.74, 6) is 0.136. The van der Waals surface area contributed by atoms with E-state index >= 15 is 0 Å². The Morgan fingerprint density at radius 1 is 1.28 bits per heavy atom. The summed E-state index contributed by atoms with van der Waals surface area (Å²) in [6.07, 6.45) is 0.875. The van der Waals surface area contributed by atoms with Crippen molar-refractivity contribution in [1.29, 1.82) is 0 Å². The highest BCUT2D eigenvalue weighted by Gasteiger charge is 2.50. The second-order valence-corrected chi connectivity index (χ2v) is 8.08. The average Bonchev–Trinajstić information content (AvgIpc) is 3.07. The summed E-state index contributed by atoms with van der Waals surface area (Å²) >= 11 is 0. The number of carbonyl (C=O) groups excluding carboxylic acids is 2. The number of para-hydroxylation sites is 1. The van der Waals surface area contributed by atoms with Gasteiger partial charge in [-0.1, -0.05) is 32.0 Å². The van der Waals surface area contributed by atoms with Gasteiger partial charge in [-0.15, -0.1) is 0 Å². The molecule has 158 valence electrons. The van der Waals surface area contributed by atoms with Crippen LogP contribution in [0, 0.1) is 5.92 Å². The maximum Gasteiger partial charge on any atom is 0.247 e. The van der Waals surface area contributed by atoms with Gasteiger partial charge in [-0.2, -0.15) is 0 Å². The van der Waals surface area contributed by atoms with Gasteiger partial charge in [0.1, 0.15) is 18.0 Å². The number of nitrogens with one attached hydrogen (secondary N) is 1. The Hall–Kier alpha value is -2.38. The van der Waals surface area contributed by atoms with E-state index in [0.717, 1.165) is 12.0 Å². The topological polar surface area (TPSA) is 99.1 Å². The molecule has 3 rings (SSSR count). The van der Waals surface area contributed by atoms with Crippen molar-refractivity contribution in [3.8, 4) is 5.75 Å². The molecule has 0 spiro atoms. The van der Waals surface area contributed by atoms with Gasteiger partial charge in [-0.25, -0.2) is 0 Å². The molecule has 1 aromatic rings. The zero-order chi connectivity index (χ0) is 21.1. The normalized spacial score (nSPS) is 25.0. The SMILES string of the molecule is CC(=O)N(CCC(C)C)[C@@H]1C=C(C(=O)NCCO)[C@@H]2c3ccccc3O[C@@H]2[C@H]1O. The highest BCUT2D eigenvalue weighted by atomic mass is 16.5. The van der Waals surface area contributed by atoms with Crippen molar-refractivity contribution in [1.82, 2.24) is 10.2 Å². The second kappa shape index (κ2) is 8.97. The van der Waals surface area contributed by atoms with Crippen LogP contribution in [0.5, 0.6) is 5.75 Å². The second-order valence-electron chi connectivity index (χ2n) is 8.08. The highest BCUT2D eigenvalue weighted by molar-refractivity contribution is 5.96. The largest absolute Gasteiger partial charge is 0.486 e. The minimum Gasteiger partial charge on any atom is -0.486 e. The molecule has 0 saturated carbocycles. The standard InChI is InChI=1S/C22H30N2O5/c1-13(2)8-10-24(14(3)26)17-12-16(22(28)23-9-11-25)19-15-6-4-5-7-18(15)29-21(19)20(17)27/h4-7,12-13,17,19-21,25,27H,8-11H2,1-3H3,(H,23,28)/t17-,19+,20+,21+/m1/s1. The number of amides is 2. The van der Waals surface area contributed by atoms with Gasteiger partial charge in [0.05, 0.1) is 18.6 Å². The van der Waals surface area contributed by atoms with Crippen LogP contribution in [-0.4, -0.2) is 64.9 Å². The van der Waals surface area contributed by atoms with Gasteiger partial charge in [0.2, 0.25) is 11.8 Å². The lowest BCUT2D eigenvalue weighted by atomic mass is 9.77. The lowest BCUT2D eigenvalue weighted by Crippen LogP contribution is -2.55. The van der Waals surface area contributed by atoms with Gasteiger partial charge < -0.3 is 25.2 Å². The smallest absolute Gasteiger partial charge is 0.247 e. The molecular formula is C22H30N2O5. The van der Waals surface area contributed by atoms with Gasteiger partial charge in [0, 0.05) is 31.1 Å². The Labute approximate surface area is 171 Å². The number of aliphatic hydroxyl groups is 2. The number of hydrogen-bond acceptors (Lipinski definition) is 5. The fourth-order valence-electron chi connectivity index (χ4n) is 4.10. The summed E-state index contributed by atoms with van der Waals surface area (Å²) in [5, 5.41) is 22.9. The van der Waals surface area contributed by atoms with E-state index in [4.69, 9.17) is 9.84 Å². The van der Waals surface area contributed by atoms with Crippen LogP contribution in [0.25, 0.3) is 0 Å². The molecule has 0 saturated heterocycles. The Morgan fingerprint density at radius 2 is 2.00 bits per heavy atom. The van der Waals surface area contributed by atoms with Gasteiger partial charge in [0.25, 0.3) is 0 Å². The number of rotatable bonds is 7. The maximum atomic E-state index is 12.9. The first kappa shape index (κ1) is 21.3. The summed E-state index contributed by atoms with van der Waals surface area (Å²) in [6, 6.07) is 6.77. The average molecular weight is 402 g/mol. The van der Waals surface area contributed by atoms with E-state index in [1.54, 1.807) is 11.0 Å². The molecule has 1 aliphatic carbocycles. The van der Waals surface area contributed by atoms with E-state index in [9.17, 15) is 14.7 Å². The van der Waals surface area contributed by atoms with E-state index in [2.05, 4.69) is 19.2 Å². The van der Waals surface area contributed by atoms with Gasteiger partial charge >= 0.3 is 0 Å². The lowest BCUT2D eigenvalue weighted by Gasteiger charge is -2.40. The van der Waals surface area contributed by atoms with Gasteiger partial charge in [-0.3, -0.25) is 9.59 Å². The summed E-state index contributed by atoms with van der Waals surface area (Å²) in [4.78, 5) is 26.9. The first-order valence-corrected chi connectivity index (χ1v) is 10.2. The number of hydrogen-bond donors (Lipinski definition) is 3. The summed E-state index contributed by atoms with van der Waals surface area (Å²) < 4.78 is 6.04. The molecule has 3 N–H and O–H groups in total. The van der Waals surface area contributed by atoms with Crippen LogP contribution in [0.1, 0.15) is 38.7 Å². The van der Waals surface area contributed by atoms with Crippen molar-refractivity contribution in [2.45, 2.75) is 51.4 Å². The predicted octanol–water partition coefficient (Wildman–Crippen LogP) is 1.20. The first-order valence-electron chi connectivity index (χ1n) is 10.2. The van der Waals surface area contributed by atoms with E-state index in [-0.39, 0.29) is 25.0 Å². The van der Waals surface area contributed by atoms with Crippen LogP contribution in [-0.2, 0) is 9.59 Å². The van der Waals surface area contributed by atoms with Gasteiger partial charge in [0.15, 0.2) is 0 Å². The number of fused-ring (bicyclic) bond motifs is 3. The Balaban J connectivity index is 2.00. The highest BCUT2D eigenvalue weighted by Crippen LogP contribution is 2.47. The number of carbonyl (C=O) groups is 2. The molecule has 2 amide bonds. The van der Waals surface area contributed by atoms with Crippen molar-refractivity contribution in [2.24, 2.45) is 5.92 Å². The number of ether oxygens (including phenoxy) is 1. The van der Waals surface area contributed by atoms with E-state index in [0.29, 0.717) is 23.8 Å². The fraction of sp³-hybridized carbons (Fsp3) is 0.545. The molecule has 0 aromatic heterocycles. The fourth-order valence-corrected chi connectivity index (χ4v) is 4.10. The van der Waals surface area contributed by atoms with Crippen LogP contribution >= 0.6 is 0 Å². The van der Waals surface area contributed by atoms with E-state index in [1.165, 1.54) is 6.92 Å².